The molecule has 1 atom stereocenters. The zero-order valence-corrected chi connectivity index (χ0v) is 14.2. The van der Waals surface area contributed by atoms with Gasteiger partial charge in [0.15, 0.2) is 17.0 Å². The van der Waals surface area contributed by atoms with Gasteiger partial charge in [-0.25, -0.2) is 4.98 Å². The summed E-state index contributed by atoms with van der Waals surface area (Å²) in [6.07, 6.45) is 2.95. The summed E-state index contributed by atoms with van der Waals surface area (Å²) in [4.78, 5) is 15.6. The van der Waals surface area contributed by atoms with E-state index in [4.69, 9.17) is 11.6 Å². The first-order chi connectivity index (χ1) is 11.7. The van der Waals surface area contributed by atoms with E-state index in [0.717, 1.165) is 30.7 Å². The van der Waals surface area contributed by atoms with E-state index in [0.29, 0.717) is 18.4 Å². The third-order valence-electron chi connectivity index (χ3n) is 4.46. The number of likely N-dealkylation sites (N-methyl/N-ethyl adjacent to an activating group) is 1. The molecule has 24 heavy (non-hydrogen) atoms. The van der Waals surface area contributed by atoms with Crippen LogP contribution in [-0.2, 0) is 6.54 Å². The monoisotopic (exact) mass is 342 g/mol. The molecule has 3 aromatic rings. The van der Waals surface area contributed by atoms with E-state index < -0.39 is 0 Å². The summed E-state index contributed by atoms with van der Waals surface area (Å²) in [5.41, 5.74) is 2.74. The highest BCUT2D eigenvalue weighted by Crippen LogP contribution is 2.27. The number of imidazole rings is 1. The third kappa shape index (κ3) is 2.95. The van der Waals surface area contributed by atoms with Crippen LogP contribution in [-0.4, -0.2) is 44.6 Å². The van der Waals surface area contributed by atoms with Crippen LogP contribution in [0.15, 0.2) is 36.7 Å². The summed E-state index contributed by atoms with van der Waals surface area (Å²) in [7, 11) is 2.13. The molecule has 1 N–H and O–H groups in total. The number of aromatic nitrogens is 4. The molecule has 7 heteroatoms. The fraction of sp³-hybridized carbons (Fsp3) is 0.353. The predicted octanol–water partition coefficient (Wildman–Crippen LogP) is 2.97. The van der Waals surface area contributed by atoms with Crippen LogP contribution < -0.4 is 5.32 Å². The Labute approximate surface area is 145 Å². The summed E-state index contributed by atoms with van der Waals surface area (Å²) in [6.45, 7) is 2.75. The maximum atomic E-state index is 6.16. The van der Waals surface area contributed by atoms with E-state index in [1.165, 1.54) is 5.56 Å². The molecule has 1 aliphatic rings. The van der Waals surface area contributed by atoms with Crippen molar-refractivity contribution < 1.29 is 0 Å². The SMILES string of the molecule is CN1CCC(n2cnc3c(NCc4ccccc4)nc(Cl)nc32)C1. The van der Waals surface area contributed by atoms with Crippen molar-refractivity contribution in [3.05, 3.63) is 47.5 Å². The minimum Gasteiger partial charge on any atom is -0.364 e. The second-order valence-electron chi connectivity index (χ2n) is 6.21. The number of nitrogens with one attached hydrogen (secondary N) is 1. The highest BCUT2D eigenvalue weighted by atomic mass is 35.5. The number of benzene rings is 1. The van der Waals surface area contributed by atoms with Gasteiger partial charge < -0.3 is 14.8 Å². The number of halogens is 1. The summed E-state index contributed by atoms with van der Waals surface area (Å²) >= 11 is 6.16. The zero-order chi connectivity index (χ0) is 16.5. The Bertz CT molecular complexity index is 847. The molecule has 0 amide bonds. The van der Waals surface area contributed by atoms with Crippen molar-refractivity contribution >= 4 is 28.6 Å². The van der Waals surface area contributed by atoms with Gasteiger partial charge in [0.25, 0.3) is 0 Å². The third-order valence-corrected chi connectivity index (χ3v) is 4.63. The maximum absolute atomic E-state index is 6.16. The summed E-state index contributed by atoms with van der Waals surface area (Å²) in [5.74, 6) is 0.680. The van der Waals surface area contributed by atoms with Gasteiger partial charge in [-0.05, 0) is 37.2 Å². The molecule has 0 aliphatic carbocycles. The first-order valence-electron chi connectivity index (χ1n) is 8.07. The number of hydrogen-bond donors (Lipinski definition) is 1. The molecule has 1 aromatic carbocycles. The number of anilines is 1. The molecular weight excluding hydrogens is 324 g/mol. The van der Waals surface area contributed by atoms with Crippen molar-refractivity contribution in [2.24, 2.45) is 0 Å². The van der Waals surface area contributed by atoms with E-state index in [-0.39, 0.29) is 5.28 Å². The molecule has 6 nitrogen and oxygen atoms in total. The second kappa shape index (κ2) is 6.37. The van der Waals surface area contributed by atoms with Gasteiger partial charge in [0.2, 0.25) is 5.28 Å². The van der Waals surface area contributed by atoms with Crippen molar-refractivity contribution in [1.82, 2.24) is 24.4 Å². The molecule has 0 spiro atoms. The van der Waals surface area contributed by atoms with Gasteiger partial charge >= 0.3 is 0 Å². The van der Waals surface area contributed by atoms with Crippen LogP contribution in [0.1, 0.15) is 18.0 Å². The highest BCUT2D eigenvalue weighted by Gasteiger charge is 2.24. The summed E-state index contributed by atoms with van der Waals surface area (Å²) in [5, 5.41) is 3.58. The molecule has 0 saturated carbocycles. The van der Waals surface area contributed by atoms with Gasteiger partial charge in [-0.2, -0.15) is 9.97 Å². The van der Waals surface area contributed by atoms with E-state index in [1.807, 2.05) is 24.5 Å². The van der Waals surface area contributed by atoms with E-state index in [9.17, 15) is 0 Å². The van der Waals surface area contributed by atoms with Crippen LogP contribution >= 0.6 is 11.6 Å². The minimum absolute atomic E-state index is 0.242. The first-order valence-corrected chi connectivity index (χ1v) is 8.45. The summed E-state index contributed by atoms with van der Waals surface area (Å²) < 4.78 is 2.13. The Hall–Kier alpha value is -2.18. The van der Waals surface area contributed by atoms with Gasteiger partial charge in [0, 0.05) is 13.1 Å². The number of fused-ring (bicyclic) bond motifs is 1. The lowest BCUT2D eigenvalue weighted by Gasteiger charge is -2.13. The lowest BCUT2D eigenvalue weighted by Crippen LogP contribution is -2.16. The molecule has 124 valence electrons. The normalized spacial score (nSPS) is 18.3. The van der Waals surface area contributed by atoms with Crippen LogP contribution in [0.3, 0.4) is 0 Å². The van der Waals surface area contributed by atoms with Gasteiger partial charge in [0.1, 0.15) is 0 Å². The second-order valence-corrected chi connectivity index (χ2v) is 6.55. The number of rotatable bonds is 4. The molecule has 1 unspecified atom stereocenters. The van der Waals surface area contributed by atoms with Crippen molar-refractivity contribution in [3.8, 4) is 0 Å². The fourth-order valence-electron chi connectivity index (χ4n) is 3.20. The van der Waals surface area contributed by atoms with Gasteiger partial charge in [0.05, 0.1) is 12.4 Å². The van der Waals surface area contributed by atoms with Gasteiger partial charge in [-0.15, -0.1) is 0 Å². The van der Waals surface area contributed by atoms with Crippen LogP contribution in [0.5, 0.6) is 0 Å². The number of nitrogens with zero attached hydrogens (tertiary/aromatic N) is 5. The molecule has 4 rings (SSSR count). The average molecular weight is 343 g/mol. The molecule has 0 radical (unpaired) electrons. The Kier molecular flexibility index (Phi) is 4.08. The Morgan fingerprint density at radius 2 is 2.08 bits per heavy atom. The lowest BCUT2D eigenvalue weighted by atomic mass is 10.2. The van der Waals surface area contributed by atoms with E-state index in [1.54, 1.807) is 0 Å². The number of likely N-dealkylation sites (tertiary alicyclic amines) is 1. The fourth-order valence-corrected chi connectivity index (χ4v) is 3.37. The molecule has 1 fully saturated rings. The summed E-state index contributed by atoms with van der Waals surface area (Å²) in [6, 6.07) is 10.6. The minimum atomic E-state index is 0.242. The first kappa shape index (κ1) is 15.4. The largest absolute Gasteiger partial charge is 0.364 e. The van der Waals surface area contributed by atoms with Crippen molar-refractivity contribution in [3.63, 3.8) is 0 Å². The molecule has 0 bridgehead atoms. The standard InChI is InChI=1S/C17H19ClN6/c1-23-8-7-13(10-23)24-11-20-14-15(21-17(18)22-16(14)24)19-9-12-5-3-2-4-6-12/h2-6,11,13H,7-10H2,1H3,(H,19,21,22). The van der Waals surface area contributed by atoms with Crippen LogP contribution in [0.2, 0.25) is 5.28 Å². The maximum Gasteiger partial charge on any atom is 0.226 e. The van der Waals surface area contributed by atoms with Gasteiger partial charge in [-0.1, -0.05) is 30.3 Å². The Morgan fingerprint density at radius 1 is 1.25 bits per heavy atom. The van der Waals surface area contributed by atoms with E-state index >= 15 is 0 Å². The predicted molar refractivity (Wildman–Crippen MR) is 95.3 cm³/mol. The Balaban J connectivity index is 1.65. The average Bonchev–Trinajstić information content (AvgIpc) is 3.19. The zero-order valence-electron chi connectivity index (χ0n) is 13.5. The van der Waals surface area contributed by atoms with Crippen molar-refractivity contribution in [2.45, 2.75) is 19.0 Å². The van der Waals surface area contributed by atoms with Crippen molar-refractivity contribution in [1.29, 1.82) is 0 Å². The van der Waals surface area contributed by atoms with Crippen LogP contribution in [0.4, 0.5) is 5.82 Å². The van der Waals surface area contributed by atoms with Crippen LogP contribution in [0.25, 0.3) is 11.2 Å². The number of hydrogen-bond acceptors (Lipinski definition) is 5. The molecule has 3 heterocycles. The van der Waals surface area contributed by atoms with Crippen molar-refractivity contribution in [2.75, 3.05) is 25.5 Å². The lowest BCUT2D eigenvalue weighted by molar-refractivity contribution is 0.394. The molecular formula is C17H19ClN6. The van der Waals surface area contributed by atoms with Gasteiger partial charge in [-0.3, -0.25) is 0 Å². The quantitative estimate of drug-likeness (QED) is 0.739. The Morgan fingerprint density at radius 3 is 2.83 bits per heavy atom. The molecule has 1 saturated heterocycles. The van der Waals surface area contributed by atoms with E-state index in [2.05, 4.69) is 48.9 Å². The smallest absolute Gasteiger partial charge is 0.226 e. The van der Waals surface area contributed by atoms with Crippen LogP contribution in [0, 0.1) is 0 Å². The molecule has 1 aliphatic heterocycles. The molecule has 2 aromatic heterocycles. The highest BCUT2D eigenvalue weighted by molar-refractivity contribution is 6.28. The topological polar surface area (TPSA) is 58.9 Å².